The SMILES string of the molecule is CCOC(=O)/C=C(\N[C@@H](C)c1ccccc1)C(C)C. The summed E-state index contributed by atoms with van der Waals surface area (Å²) in [5.74, 6) is -0.0467. The molecule has 0 aliphatic rings. The van der Waals surface area contributed by atoms with Crippen molar-refractivity contribution in [2.75, 3.05) is 6.61 Å². The van der Waals surface area contributed by atoms with Gasteiger partial charge >= 0.3 is 5.97 Å². The molecule has 0 bridgehead atoms. The molecule has 0 saturated carbocycles. The molecule has 0 aliphatic heterocycles. The van der Waals surface area contributed by atoms with E-state index in [9.17, 15) is 4.79 Å². The van der Waals surface area contributed by atoms with Crippen molar-refractivity contribution in [1.29, 1.82) is 0 Å². The maximum absolute atomic E-state index is 11.5. The summed E-state index contributed by atoms with van der Waals surface area (Å²) in [7, 11) is 0. The molecule has 1 aromatic rings. The summed E-state index contributed by atoms with van der Waals surface area (Å²) in [4.78, 5) is 11.5. The topological polar surface area (TPSA) is 38.3 Å². The molecule has 0 heterocycles. The van der Waals surface area contributed by atoms with Crippen molar-refractivity contribution in [3.05, 3.63) is 47.7 Å². The van der Waals surface area contributed by atoms with Gasteiger partial charge in [-0.15, -0.1) is 0 Å². The average Bonchev–Trinajstić information content (AvgIpc) is 2.39. The number of rotatable bonds is 6. The molecule has 0 aliphatic carbocycles. The van der Waals surface area contributed by atoms with Gasteiger partial charge in [-0.3, -0.25) is 0 Å². The third-order valence-electron chi connectivity index (χ3n) is 2.86. The maximum Gasteiger partial charge on any atom is 0.332 e. The molecule has 0 radical (unpaired) electrons. The highest BCUT2D eigenvalue weighted by Crippen LogP contribution is 2.16. The average molecular weight is 261 g/mol. The van der Waals surface area contributed by atoms with E-state index in [-0.39, 0.29) is 17.9 Å². The molecule has 0 saturated heterocycles. The minimum atomic E-state index is -0.293. The third kappa shape index (κ3) is 5.16. The van der Waals surface area contributed by atoms with E-state index in [1.165, 1.54) is 5.56 Å². The predicted octanol–water partition coefficient (Wildman–Crippen LogP) is 3.44. The lowest BCUT2D eigenvalue weighted by atomic mass is 10.1. The molecular formula is C16H23NO2. The van der Waals surface area contributed by atoms with Crippen molar-refractivity contribution in [2.45, 2.75) is 33.7 Å². The Morgan fingerprint density at radius 3 is 2.42 bits per heavy atom. The largest absolute Gasteiger partial charge is 0.463 e. The normalized spacial score (nSPS) is 13.2. The lowest BCUT2D eigenvalue weighted by Gasteiger charge is -2.20. The van der Waals surface area contributed by atoms with Crippen molar-refractivity contribution in [2.24, 2.45) is 5.92 Å². The zero-order valence-electron chi connectivity index (χ0n) is 12.1. The Morgan fingerprint density at radius 1 is 1.26 bits per heavy atom. The van der Waals surface area contributed by atoms with E-state index >= 15 is 0 Å². The fourth-order valence-corrected chi connectivity index (χ4v) is 1.76. The van der Waals surface area contributed by atoms with Crippen molar-refractivity contribution in [3.63, 3.8) is 0 Å². The summed E-state index contributed by atoms with van der Waals surface area (Å²) in [6, 6.07) is 10.3. The van der Waals surface area contributed by atoms with Crippen LogP contribution in [0.2, 0.25) is 0 Å². The van der Waals surface area contributed by atoms with Crippen molar-refractivity contribution >= 4 is 5.97 Å². The fraction of sp³-hybridized carbons (Fsp3) is 0.438. The highest BCUT2D eigenvalue weighted by molar-refractivity contribution is 5.82. The quantitative estimate of drug-likeness (QED) is 0.629. The van der Waals surface area contributed by atoms with Gasteiger partial charge in [-0.25, -0.2) is 4.79 Å². The molecule has 104 valence electrons. The van der Waals surface area contributed by atoms with Gasteiger partial charge in [0.25, 0.3) is 0 Å². The Labute approximate surface area is 115 Å². The summed E-state index contributed by atoms with van der Waals surface area (Å²) in [6.07, 6.45) is 1.55. The van der Waals surface area contributed by atoms with Crippen LogP contribution in [-0.4, -0.2) is 12.6 Å². The van der Waals surface area contributed by atoms with Gasteiger partial charge in [0.2, 0.25) is 0 Å². The first kappa shape index (κ1) is 15.3. The van der Waals surface area contributed by atoms with Crippen LogP contribution in [0.4, 0.5) is 0 Å². The van der Waals surface area contributed by atoms with Gasteiger partial charge in [0.05, 0.1) is 6.61 Å². The molecule has 1 rings (SSSR count). The fourth-order valence-electron chi connectivity index (χ4n) is 1.76. The number of benzene rings is 1. The van der Waals surface area contributed by atoms with Crippen LogP contribution >= 0.6 is 0 Å². The zero-order chi connectivity index (χ0) is 14.3. The first-order chi connectivity index (χ1) is 9.04. The van der Waals surface area contributed by atoms with Crippen LogP contribution in [0.5, 0.6) is 0 Å². The van der Waals surface area contributed by atoms with Gasteiger partial charge in [0.1, 0.15) is 0 Å². The Hall–Kier alpha value is -1.77. The van der Waals surface area contributed by atoms with Crippen LogP contribution in [-0.2, 0) is 9.53 Å². The van der Waals surface area contributed by atoms with Crippen LogP contribution in [0.15, 0.2) is 42.1 Å². The van der Waals surface area contributed by atoms with Crippen LogP contribution in [0, 0.1) is 5.92 Å². The number of hydrogen-bond donors (Lipinski definition) is 1. The second kappa shape index (κ2) is 7.62. The van der Waals surface area contributed by atoms with Crippen LogP contribution < -0.4 is 5.32 Å². The highest BCUT2D eigenvalue weighted by atomic mass is 16.5. The van der Waals surface area contributed by atoms with E-state index in [1.807, 2.05) is 18.2 Å². The smallest absolute Gasteiger partial charge is 0.332 e. The minimum absolute atomic E-state index is 0.157. The lowest BCUT2D eigenvalue weighted by molar-refractivity contribution is -0.137. The monoisotopic (exact) mass is 261 g/mol. The summed E-state index contributed by atoms with van der Waals surface area (Å²) in [5.41, 5.74) is 2.09. The molecule has 1 N–H and O–H groups in total. The molecule has 3 nitrogen and oxygen atoms in total. The van der Waals surface area contributed by atoms with Gasteiger partial charge in [-0.05, 0) is 25.3 Å². The summed E-state index contributed by atoms with van der Waals surface area (Å²) in [6.45, 7) is 8.39. The second-order valence-corrected chi connectivity index (χ2v) is 4.78. The number of hydrogen-bond acceptors (Lipinski definition) is 3. The van der Waals surface area contributed by atoms with Gasteiger partial charge in [0, 0.05) is 17.8 Å². The number of carbonyl (C=O) groups excluding carboxylic acids is 1. The second-order valence-electron chi connectivity index (χ2n) is 4.78. The van der Waals surface area contributed by atoms with Gasteiger partial charge in [0.15, 0.2) is 0 Å². The molecule has 19 heavy (non-hydrogen) atoms. The van der Waals surface area contributed by atoms with E-state index in [4.69, 9.17) is 4.74 Å². The maximum atomic E-state index is 11.5. The molecule has 0 spiro atoms. The van der Waals surface area contributed by atoms with E-state index in [2.05, 4.69) is 38.2 Å². The minimum Gasteiger partial charge on any atom is -0.463 e. The predicted molar refractivity (Wildman–Crippen MR) is 77.5 cm³/mol. The lowest BCUT2D eigenvalue weighted by Crippen LogP contribution is -2.22. The molecule has 0 aromatic heterocycles. The number of ether oxygens (including phenoxy) is 1. The highest BCUT2D eigenvalue weighted by Gasteiger charge is 2.11. The Morgan fingerprint density at radius 2 is 1.89 bits per heavy atom. The molecule has 3 heteroatoms. The van der Waals surface area contributed by atoms with Gasteiger partial charge in [-0.1, -0.05) is 44.2 Å². The summed E-state index contributed by atoms with van der Waals surface area (Å²) < 4.78 is 4.95. The molecule has 1 aromatic carbocycles. The number of allylic oxidation sites excluding steroid dienone is 1. The van der Waals surface area contributed by atoms with Crippen molar-refractivity contribution in [1.82, 2.24) is 5.32 Å². The molecule has 0 unspecified atom stereocenters. The molecular weight excluding hydrogens is 238 g/mol. The number of nitrogens with one attached hydrogen (secondary N) is 1. The third-order valence-corrected chi connectivity index (χ3v) is 2.86. The standard InChI is InChI=1S/C16H23NO2/c1-5-19-16(18)11-15(12(2)3)17-13(4)14-9-7-6-8-10-14/h6-13,17H,5H2,1-4H3/b15-11-/t13-/m0/s1. The van der Waals surface area contributed by atoms with Crippen LogP contribution in [0.3, 0.4) is 0 Å². The summed E-state index contributed by atoms with van der Waals surface area (Å²) in [5, 5.41) is 3.38. The van der Waals surface area contributed by atoms with Crippen molar-refractivity contribution < 1.29 is 9.53 Å². The molecule has 1 atom stereocenters. The first-order valence-electron chi connectivity index (χ1n) is 6.74. The van der Waals surface area contributed by atoms with Gasteiger partial charge in [-0.2, -0.15) is 0 Å². The first-order valence-corrected chi connectivity index (χ1v) is 6.74. The zero-order valence-corrected chi connectivity index (χ0v) is 12.1. The Bertz CT molecular complexity index is 424. The molecule has 0 amide bonds. The van der Waals surface area contributed by atoms with E-state index in [0.29, 0.717) is 6.61 Å². The molecule has 0 fully saturated rings. The number of carbonyl (C=O) groups is 1. The summed E-state index contributed by atoms with van der Waals surface area (Å²) >= 11 is 0. The Balaban J connectivity index is 2.77. The van der Waals surface area contributed by atoms with Crippen LogP contribution in [0.25, 0.3) is 0 Å². The van der Waals surface area contributed by atoms with Crippen molar-refractivity contribution in [3.8, 4) is 0 Å². The Kier molecular flexibility index (Phi) is 6.13. The van der Waals surface area contributed by atoms with E-state index < -0.39 is 0 Å². The van der Waals surface area contributed by atoms with E-state index in [1.54, 1.807) is 13.0 Å². The number of esters is 1. The van der Waals surface area contributed by atoms with E-state index in [0.717, 1.165) is 5.70 Å². The van der Waals surface area contributed by atoms with Gasteiger partial charge < -0.3 is 10.1 Å². The van der Waals surface area contributed by atoms with Crippen LogP contribution in [0.1, 0.15) is 39.3 Å².